The monoisotopic (exact) mass is 329 g/mol. The lowest BCUT2D eigenvalue weighted by molar-refractivity contribution is -0.117. The highest BCUT2D eigenvalue weighted by atomic mass is 35.5. The molecular formula is C18H16ClNO3. The van der Waals surface area contributed by atoms with Crippen LogP contribution < -0.4 is 5.32 Å². The third-order valence-electron chi connectivity index (χ3n) is 3.60. The highest BCUT2D eigenvalue weighted by molar-refractivity contribution is 6.30. The van der Waals surface area contributed by atoms with Crippen molar-refractivity contribution in [2.24, 2.45) is 5.92 Å². The standard InChI is InChI=1S/C18H16ClNO3/c19-15-3-1-2-12(10-15)11-23-18(22)14-6-8-16(9-7-14)20-17(21)13-4-5-13/h1-3,6-10,13H,4-5,11H2,(H,20,21). The predicted molar refractivity (Wildman–Crippen MR) is 88.4 cm³/mol. The van der Waals surface area contributed by atoms with Gasteiger partial charge < -0.3 is 10.1 Å². The smallest absolute Gasteiger partial charge is 0.338 e. The number of anilines is 1. The Kier molecular flexibility index (Phi) is 4.63. The van der Waals surface area contributed by atoms with Crippen molar-refractivity contribution >= 4 is 29.2 Å². The first-order valence-corrected chi connectivity index (χ1v) is 7.82. The Morgan fingerprint density at radius 3 is 2.52 bits per heavy atom. The molecule has 0 saturated heterocycles. The minimum absolute atomic E-state index is 0.0429. The van der Waals surface area contributed by atoms with E-state index in [2.05, 4.69) is 5.32 Å². The van der Waals surface area contributed by atoms with Gasteiger partial charge in [-0.15, -0.1) is 0 Å². The second-order valence-electron chi connectivity index (χ2n) is 5.55. The highest BCUT2D eigenvalue weighted by Crippen LogP contribution is 2.30. The van der Waals surface area contributed by atoms with E-state index in [1.807, 2.05) is 12.1 Å². The van der Waals surface area contributed by atoms with Crippen LogP contribution in [0.5, 0.6) is 0 Å². The van der Waals surface area contributed by atoms with Crippen molar-refractivity contribution < 1.29 is 14.3 Å². The van der Waals surface area contributed by atoms with E-state index in [1.165, 1.54) is 0 Å². The van der Waals surface area contributed by atoms with Crippen LogP contribution in [0, 0.1) is 5.92 Å². The number of carbonyl (C=O) groups excluding carboxylic acids is 2. The number of hydrogen-bond donors (Lipinski definition) is 1. The van der Waals surface area contributed by atoms with Crippen LogP contribution in [0.2, 0.25) is 5.02 Å². The van der Waals surface area contributed by atoms with Crippen LogP contribution in [0.15, 0.2) is 48.5 Å². The lowest BCUT2D eigenvalue weighted by Crippen LogP contribution is -2.13. The van der Waals surface area contributed by atoms with Gasteiger partial charge in [0, 0.05) is 16.6 Å². The van der Waals surface area contributed by atoms with Crippen LogP contribution in [0.4, 0.5) is 5.69 Å². The lowest BCUT2D eigenvalue weighted by Gasteiger charge is -2.07. The summed E-state index contributed by atoms with van der Waals surface area (Å²) in [5, 5.41) is 3.43. The van der Waals surface area contributed by atoms with E-state index in [4.69, 9.17) is 16.3 Å². The average Bonchev–Trinajstić information content (AvgIpc) is 3.38. The summed E-state index contributed by atoms with van der Waals surface area (Å²) in [7, 11) is 0. The maximum absolute atomic E-state index is 12.0. The van der Waals surface area contributed by atoms with Gasteiger partial charge in [0.2, 0.25) is 5.91 Å². The molecule has 0 aliphatic heterocycles. The van der Waals surface area contributed by atoms with Gasteiger partial charge in [-0.2, -0.15) is 0 Å². The van der Waals surface area contributed by atoms with Gasteiger partial charge in [0.1, 0.15) is 6.61 Å². The van der Waals surface area contributed by atoms with Gasteiger partial charge in [-0.25, -0.2) is 4.79 Å². The molecule has 1 amide bonds. The number of amides is 1. The van der Waals surface area contributed by atoms with Gasteiger partial charge in [0.25, 0.3) is 0 Å². The molecule has 0 spiro atoms. The number of hydrogen-bond acceptors (Lipinski definition) is 3. The number of benzene rings is 2. The first kappa shape index (κ1) is 15.6. The molecule has 0 bridgehead atoms. The van der Waals surface area contributed by atoms with Crippen LogP contribution >= 0.6 is 11.6 Å². The Labute approximate surface area is 139 Å². The summed E-state index contributed by atoms with van der Waals surface area (Å²) in [5.74, 6) is -0.219. The number of carbonyl (C=O) groups is 2. The van der Waals surface area contributed by atoms with Crippen LogP contribution in [-0.4, -0.2) is 11.9 Å². The fourth-order valence-electron chi connectivity index (χ4n) is 2.14. The fourth-order valence-corrected chi connectivity index (χ4v) is 2.35. The molecule has 0 unspecified atom stereocenters. The summed E-state index contributed by atoms with van der Waals surface area (Å²) in [4.78, 5) is 23.7. The molecule has 5 heteroatoms. The minimum Gasteiger partial charge on any atom is -0.457 e. The molecule has 0 heterocycles. The van der Waals surface area contributed by atoms with E-state index in [-0.39, 0.29) is 18.4 Å². The van der Waals surface area contributed by atoms with E-state index in [1.54, 1.807) is 36.4 Å². The third kappa shape index (κ3) is 4.33. The number of rotatable bonds is 5. The zero-order valence-corrected chi connectivity index (χ0v) is 13.2. The molecule has 0 atom stereocenters. The van der Waals surface area contributed by atoms with Gasteiger partial charge >= 0.3 is 5.97 Å². The Morgan fingerprint density at radius 2 is 1.87 bits per heavy atom. The molecule has 1 aliphatic carbocycles. The number of ether oxygens (including phenoxy) is 1. The van der Waals surface area contributed by atoms with Gasteiger partial charge in [-0.3, -0.25) is 4.79 Å². The molecule has 23 heavy (non-hydrogen) atoms. The minimum atomic E-state index is -0.412. The van der Waals surface area contributed by atoms with Crippen LogP contribution in [0.25, 0.3) is 0 Å². The van der Waals surface area contributed by atoms with E-state index >= 15 is 0 Å². The first-order chi connectivity index (χ1) is 11.1. The van der Waals surface area contributed by atoms with E-state index in [9.17, 15) is 9.59 Å². The second-order valence-corrected chi connectivity index (χ2v) is 5.98. The predicted octanol–water partition coefficient (Wildman–Crippen LogP) is 4.05. The quantitative estimate of drug-likeness (QED) is 0.842. The van der Waals surface area contributed by atoms with Crippen molar-refractivity contribution in [1.82, 2.24) is 0 Å². The van der Waals surface area contributed by atoms with Gasteiger partial charge in [0.15, 0.2) is 0 Å². The molecule has 2 aromatic carbocycles. The average molecular weight is 330 g/mol. The Morgan fingerprint density at radius 1 is 1.13 bits per heavy atom. The third-order valence-corrected chi connectivity index (χ3v) is 3.83. The maximum Gasteiger partial charge on any atom is 0.338 e. The summed E-state index contributed by atoms with van der Waals surface area (Å²) in [6.45, 7) is 0.166. The molecular weight excluding hydrogens is 314 g/mol. The molecule has 1 aliphatic rings. The summed E-state index contributed by atoms with van der Waals surface area (Å²) < 4.78 is 5.25. The largest absolute Gasteiger partial charge is 0.457 e. The number of esters is 1. The second kappa shape index (κ2) is 6.84. The van der Waals surface area contributed by atoms with Crippen LogP contribution in [0.3, 0.4) is 0 Å². The summed E-state index contributed by atoms with van der Waals surface area (Å²) >= 11 is 5.89. The molecule has 1 fully saturated rings. The van der Waals surface area contributed by atoms with Crippen molar-refractivity contribution in [3.05, 3.63) is 64.7 Å². The van der Waals surface area contributed by atoms with Gasteiger partial charge in [0.05, 0.1) is 5.56 Å². The molecule has 118 valence electrons. The van der Waals surface area contributed by atoms with Gasteiger partial charge in [-0.05, 0) is 54.8 Å². The van der Waals surface area contributed by atoms with E-state index in [0.29, 0.717) is 16.3 Å². The highest BCUT2D eigenvalue weighted by Gasteiger charge is 2.29. The molecule has 0 aromatic heterocycles. The van der Waals surface area contributed by atoms with Crippen molar-refractivity contribution in [3.63, 3.8) is 0 Å². The summed E-state index contributed by atoms with van der Waals surface area (Å²) in [6, 6.07) is 13.9. The molecule has 1 saturated carbocycles. The van der Waals surface area contributed by atoms with Gasteiger partial charge in [-0.1, -0.05) is 23.7 Å². The lowest BCUT2D eigenvalue weighted by atomic mass is 10.2. The summed E-state index contributed by atoms with van der Waals surface area (Å²) in [6.07, 6.45) is 1.92. The normalized spacial score (nSPS) is 13.4. The Bertz CT molecular complexity index is 723. The molecule has 2 aromatic rings. The first-order valence-electron chi connectivity index (χ1n) is 7.44. The topological polar surface area (TPSA) is 55.4 Å². The van der Waals surface area contributed by atoms with Crippen LogP contribution in [-0.2, 0) is 16.1 Å². The van der Waals surface area contributed by atoms with Crippen molar-refractivity contribution in [2.45, 2.75) is 19.4 Å². The van der Waals surface area contributed by atoms with Crippen molar-refractivity contribution in [2.75, 3.05) is 5.32 Å². The molecule has 1 N–H and O–H groups in total. The van der Waals surface area contributed by atoms with Crippen molar-refractivity contribution in [3.8, 4) is 0 Å². The van der Waals surface area contributed by atoms with E-state index < -0.39 is 5.97 Å². The summed E-state index contributed by atoms with van der Waals surface area (Å²) in [5.41, 5.74) is 1.96. The Hall–Kier alpha value is -2.33. The molecule has 0 radical (unpaired) electrons. The molecule has 4 nitrogen and oxygen atoms in total. The zero-order valence-electron chi connectivity index (χ0n) is 12.4. The maximum atomic E-state index is 12.0. The molecule has 3 rings (SSSR count). The van der Waals surface area contributed by atoms with E-state index in [0.717, 1.165) is 18.4 Å². The SMILES string of the molecule is O=C(OCc1cccc(Cl)c1)c1ccc(NC(=O)C2CC2)cc1. The Balaban J connectivity index is 1.55. The zero-order chi connectivity index (χ0) is 16.2. The number of nitrogens with one attached hydrogen (secondary N) is 1. The van der Waals surface area contributed by atoms with Crippen LogP contribution in [0.1, 0.15) is 28.8 Å². The number of halogens is 1. The van der Waals surface area contributed by atoms with Crippen molar-refractivity contribution in [1.29, 1.82) is 0 Å². The fraction of sp³-hybridized carbons (Fsp3) is 0.222.